The summed E-state index contributed by atoms with van der Waals surface area (Å²) in [5.41, 5.74) is 0. The molecule has 1 saturated heterocycles. The van der Waals surface area contributed by atoms with Crippen molar-refractivity contribution < 1.29 is 44.3 Å². The van der Waals surface area contributed by atoms with Crippen molar-refractivity contribution >= 4 is 20.0 Å². The maximum absolute atomic E-state index is 11.1. The maximum atomic E-state index is 11.1. The van der Waals surface area contributed by atoms with Crippen molar-refractivity contribution in [1.29, 1.82) is 5.26 Å². The number of nitrogens with zero attached hydrogens (tertiary/aromatic N) is 4. The van der Waals surface area contributed by atoms with Crippen LogP contribution >= 0.6 is 7.81 Å². The van der Waals surface area contributed by atoms with Crippen LogP contribution in [0.3, 0.4) is 0 Å². The predicted molar refractivity (Wildman–Crippen MR) is 83.6 cm³/mol. The first-order valence-electron chi connectivity index (χ1n) is 7.27. The van der Waals surface area contributed by atoms with Crippen molar-refractivity contribution in [3.63, 3.8) is 0 Å². The summed E-state index contributed by atoms with van der Waals surface area (Å²) in [6.45, 7) is 3.39. The SMILES string of the molecule is CCOC(=O)/C=N\O[C+](N(C)C)N1CCOC(C#N)C1.F[P-](F)(F)(F)(F)F. The van der Waals surface area contributed by atoms with Gasteiger partial charge in [0.25, 0.3) is 0 Å². The van der Waals surface area contributed by atoms with Gasteiger partial charge in [-0.25, -0.2) is 4.79 Å². The third-order valence-electron chi connectivity index (χ3n) is 2.44. The minimum atomic E-state index is -10.7. The van der Waals surface area contributed by atoms with Crippen LogP contribution in [-0.4, -0.2) is 68.5 Å². The van der Waals surface area contributed by atoms with Gasteiger partial charge in [0, 0.05) is 14.1 Å². The normalized spacial score (nSPS) is 20.7. The minimum absolute atomic E-state index is 0.280. The van der Waals surface area contributed by atoms with Crippen LogP contribution in [0.4, 0.5) is 25.2 Å². The fourth-order valence-electron chi connectivity index (χ4n) is 1.62. The number of hydrogen-bond donors (Lipinski definition) is 0. The third-order valence-corrected chi connectivity index (χ3v) is 2.44. The summed E-state index contributed by atoms with van der Waals surface area (Å²) in [5, 5.41) is 12.5. The molecule has 0 saturated carbocycles. The quantitative estimate of drug-likeness (QED) is 0.160. The van der Waals surface area contributed by atoms with Gasteiger partial charge in [0.2, 0.25) is 0 Å². The van der Waals surface area contributed by atoms with Crippen molar-refractivity contribution in [2.45, 2.75) is 13.0 Å². The van der Waals surface area contributed by atoms with Crippen LogP contribution in [0.15, 0.2) is 5.16 Å². The number of ether oxygens (including phenoxy) is 2. The molecule has 0 aromatic carbocycles. The molecule has 0 aliphatic carbocycles. The molecule has 0 spiro atoms. The molecule has 1 rings (SSSR count). The first-order chi connectivity index (χ1) is 12.0. The molecule has 0 N–H and O–H groups in total. The van der Waals surface area contributed by atoms with Gasteiger partial charge < -0.3 is 9.47 Å². The van der Waals surface area contributed by atoms with Gasteiger partial charge in [-0.3, -0.25) is 0 Å². The average molecular weight is 428 g/mol. The Hall–Kier alpha value is -1.81. The molecule has 158 valence electrons. The number of nitriles is 1. The first kappa shape index (κ1) is 25.2. The average Bonchev–Trinajstić information content (AvgIpc) is 2.48. The molecule has 0 bridgehead atoms. The number of oxime groups is 1. The molecule has 1 unspecified atom stereocenters. The molecule has 15 heteroatoms. The molecule has 27 heavy (non-hydrogen) atoms. The molecule has 1 heterocycles. The Labute approximate surface area is 151 Å². The van der Waals surface area contributed by atoms with Crippen molar-refractivity contribution in [2.24, 2.45) is 5.16 Å². The third kappa shape index (κ3) is 16.1. The fourth-order valence-corrected chi connectivity index (χ4v) is 1.62. The summed E-state index contributed by atoms with van der Waals surface area (Å²) in [4.78, 5) is 19.9. The van der Waals surface area contributed by atoms with Gasteiger partial charge in [0.15, 0.2) is 12.3 Å². The van der Waals surface area contributed by atoms with E-state index in [-0.39, 0.29) is 6.61 Å². The monoisotopic (exact) mass is 428 g/mol. The number of carbonyl (C=O) groups is 1. The molecule has 1 fully saturated rings. The van der Waals surface area contributed by atoms with Gasteiger partial charge >= 0.3 is 45.3 Å². The van der Waals surface area contributed by atoms with Crippen molar-refractivity contribution in [3.05, 3.63) is 6.35 Å². The van der Waals surface area contributed by atoms with Crippen molar-refractivity contribution in [2.75, 3.05) is 40.4 Å². The second-order valence-electron chi connectivity index (χ2n) is 5.15. The number of hydrogen-bond acceptors (Lipinski definition) is 8. The summed E-state index contributed by atoms with van der Waals surface area (Å²) in [6, 6.07) is 2.05. The van der Waals surface area contributed by atoms with E-state index in [1.54, 1.807) is 25.9 Å². The Morgan fingerprint density at radius 2 is 1.96 bits per heavy atom. The Balaban J connectivity index is 0.000000821. The topological polar surface area (TPSA) is 87.4 Å². The Morgan fingerprint density at radius 1 is 1.41 bits per heavy atom. The zero-order valence-corrected chi connectivity index (χ0v) is 15.5. The molecule has 8 nitrogen and oxygen atoms in total. The number of halogens is 6. The van der Waals surface area contributed by atoms with Gasteiger partial charge in [0.1, 0.15) is 0 Å². The number of esters is 1. The van der Waals surface area contributed by atoms with Crippen LogP contribution in [0.1, 0.15) is 6.92 Å². The standard InChI is InChI=1S/C12H19N4O4.F6P/c1-4-18-11(17)8-14-20-12(15(2)3)16-5-6-19-10(7-13)9-16;1-7(2,3,4,5)6/h8,10H,4-6,9H2,1-3H3;/q+1;-1/b14-8-;. The van der Waals surface area contributed by atoms with Gasteiger partial charge in [-0.15, -0.1) is 4.84 Å². The molecule has 0 aromatic heterocycles. The molecule has 0 amide bonds. The first-order valence-corrected chi connectivity index (χ1v) is 9.30. The van der Waals surface area contributed by atoms with E-state index in [0.717, 1.165) is 6.21 Å². The van der Waals surface area contributed by atoms with Gasteiger partial charge in [0.05, 0.1) is 32.4 Å². The second kappa shape index (κ2) is 8.92. The molecule has 0 aromatic rings. The van der Waals surface area contributed by atoms with Gasteiger partial charge in [-0.05, 0) is 12.1 Å². The van der Waals surface area contributed by atoms with Crippen LogP contribution < -0.4 is 0 Å². The Bertz CT molecular complexity index is 554. The molecule has 1 atom stereocenters. The summed E-state index contributed by atoms with van der Waals surface area (Å²) in [7, 11) is -7.09. The number of carbonyl (C=O) groups excluding carboxylic acids is 1. The summed E-state index contributed by atoms with van der Waals surface area (Å²) in [6.07, 6.45) is 0.903. The molecule has 0 radical (unpaired) electrons. The van der Waals surface area contributed by atoms with Crippen molar-refractivity contribution in [3.8, 4) is 6.07 Å². The zero-order valence-electron chi connectivity index (χ0n) is 14.6. The van der Waals surface area contributed by atoms with E-state index in [0.29, 0.717) is 26.0 Å². The van der Waals surface area contributed by atoms with Gasteiger partial charge in [-0.1, -0.05) is 9.80 Å². The summed E-state index contributed by atoms with van der Waals surface area (Å²) in [5.74, 6) is -0.567. The van der Waals surface area contributed by atoms with Crippen LogP contribution in [0.25, 0.3) is 0 Å². The van der Waals surface area contributed by atoms with Crippen LogP contribution in [0, 0.1) is 17.7 Å². The summed E-state index contributed by atoms with van der Waals surface area (Å²) < 4.78 is 69.1. The second-order valence-corrected chi connectivity index (χ2v) is 7.06. The van der Waals surface area contributed by atoms with Crippen LogP contribution in [-0.2, 0) is 19.1 Å². The molecular weight excluding hydrogens is 409 g/mol. The number of morpholine rings is 1. The zero-order chi connectivity index (χ0) is 21.4. The number of rotatable bonds is 6. The molecule has 1 aliphatic rings. The van der Waals surface area contributed by atoms with E-state index >= 15 is 0 Å². The molecule has 1 aliphatic heterocycles. The van der Waals surface area contributed by atoms with Crippen LogP contribution in [0.2, 0.25) is 0 Å². The van der Waals surface area contributed by atoms with Crippen molar-refractivity contribution in [1.82, 2.24) is 9.80 Å². The Kier molecular flexibility index (Phi) is 8.32. The van der Waals surface area contributed by atoms with E-state index in [4.69, 9.17) is 19.6 Å². The van der Waals surface area contributed by atoms with E-state index < -0.39 is 19.9 Å². The van der Waals surface area contributed by atoms with E-state index in [1.165, 1.54) is 0 Å². The predicted octanol–water partition coefficient (Wildman–Crippen LogP) is 3.17. The Morgan fingerprint density at radius 3 is 2.41 bits per heavy atom. The summed E-state index contributed by atoms with van der Waals surface area (Å²) >= 11 is 0. The van der Waals surface area contributed by atoms with E-state index in [9.17, 15) is 30.0 Å². The van der Waals surface area contributed by atoms with E-state index in [2.05, 4.69) is 11.2 Å². The van der Waals surface area contributed by atoms with Crippen LogP contribution in [0.5, 0.6) is 0 Å². The molecular formula is C12H19F6N4O4P. The van der Waals surface area contributed by atoms with Gasteiger partial charge in [-0.2, -0.15) is 5.26 Å². The fraction of sp³-hybridized carbons (Fsp3) is 0.667. The van der Waals surface area contributed by atoms with E-state index in [1.807, 2.05) is 4.90 Å².